The summed E-state index contributed by atoms with van der Waals surface area (Å²) in [5, 5.41) is 0. The molecule has 0 atom stereocenters. The average Bonchev–Trinajstić information content (AvgIpc) is 2.97. The number of rotatable bonds is 3. The number of ether oxygens (including phenoxy) is 1. The Kier molecular flexibility index (Phi) is 4.34. The minimum Gasteiger partial charge on any atom is -0.497 e. The SMILES string of the molecule is COc1ccc(/C=c2\sc3n(c2=O)CN(c2cccc(C)c2)CN=3)cc1. The lowest BCUT2D eigenvalue weighted by Crippen LogP contribution is -2.42. The molecule has 3 aromatic rings. The first-order valence-corrected chi connectivity index (χ1v) is 9.17. The van der Waals surface area contributed by atoms with Crippen LogP contribution in [-0.4, -0.2) is 18.3 Å². The number of hydrogen-bond acceptors (Lipinski definition) is 5. The number of nitrogens with zero attached hydrogens (tertiary/aromatic N) is 3. The standard InChI is InChI=1S/C20H19N3O2S/c1-14-4-3-5-16(10-14)22-12-21-20-23(13-22)19(24)18(26-20)11-15-6-8-17(25-2)9-7-15/h3-11H,12-13H2,1-2H3/b18-11-. The first kappa shape index (κ1) is 16.6. The number of hydrogen-bond donors (Lipinski definition) is 0. The Balaban J connectivity index is 1.69. The Morgan fingerprint density at radius 2 is 2.00 bits per heavy atom. The van der Waals surface area contributed by atoms with Crippen molar-refractivity contribution in [3.8, 4) is 5.75 Å². The van der Waals surface area contributed by atoms with Crippen LogP contribution in [-0.2, 0) is 6.67 Å². The first-order valence-electron chi connectivity index (χ1n) is 8.35. The number of methoxy groups -OCH3 is 1. The van der Waals surface area contributed by atoms with E-state index in [1.807, 2.05) is 36.4 Å². The third-order valence-electron chi connectivity index (χ3n) is 4.36. The van der Waals surface area contributed by atoms with Crippen molar-refractivity contribution in [2.75, 3.05) is 18.7 Å². The van der Waals surface area contributed by atoms with Crippen molar-refractivity contribution in [3.05, 3.63) is 79.3 Å². The van der Waals surface area contributed by atoms with Gasteiger partial charge >= 0.3 is 0 Å². The van der Waals surface area contributed by atoms with Gasteiger partial charge in [0.25, 0.3) is 5.56 Å². The molecular weight excluding hydrogens is 346 g/mol. The topological polar surface area (TPSA) is 46.8 Å². The highest BCUT2D eigenvalue weighted by Gasteiger charge is 2.15. The van der Waals surface area contributed by atoms with Gasteiger partial charge in [-0.05, 0) is 48.4 Å². The summed E-state index contributed by atoms with van der Waals surface area (Å²) >= 11 is 1.44. The molecule has 0 aliphatic carbocycles. The van der Waals surface area contributed by atoms with Gasteiger partial charge in [-0.1, -0.05) is 35.6 Å². The second-order valence-electron chi connectivity index (χ2n) is 6.22. The first-order chi connectivity index (χ1) is 12.6. The molecule has 6 heteroatoms. The van der Waals surface area contributed by atoms with Crippen LogP contribution in [0.4, 0.5) is 5.69 Å². The summed E-state index contributed by atoms with van der Waals surface area (Å²) in [7, 11) is 1.64. The third kappa shape index (κ3) is 3.15. The van der Waals surface area contributed by atoms with Gasteiger partial charge in [0.2, 0.25) is 0 Å². The van der Waals surface area contributed by atoms with Crippen molar-refractivity contribution in [3.63, 3.8) is 0 Å². The highest BCUT2D eigenvalue weighted by atomic mass is 32.1. The van der Waals surface area contributed by atoms with Gasteiger partial charge in [0.1, 0.15) is 19.1 Å². The molecule has 0 spiro atoms. The van der Waals surface area contributed by atoms with Crippen molar-refractivity contribution in [2.45, 2.75) is 13.6 Å². The van der Waals surface area contributed by atoms with Crippen LogP contribution in [0.2, 0.25) is 0 Å². The summed E-state index contributed by atoms with van der Waals surface area (Å²) in [6.07, 6.45) is 1.91. The molecule has 2 heterocycles. The molecule has 0 N–H and O–H groups in total. The van der Waals surface area contributed by atoms with E-state index < -0.39 is 0 Å². The summed E-state index contributed by atoms with van der Waals surface area (Å²) in [5.74, 6) is 0.799. The van der Waals surface area contributed by atoms with E-state index in [4.69, 9.17) is 4.74 Å². The summed E-state index contributed by atoms with van der Waals surface area (Å²) < 4.78 is 7.61. The molecule has 0 fully saturated rings. The highest BCUT2D eigenvalue weighted by Crippen LogP contribution is 2.17. The highest BCUT2D eigenvalue weighted by molar-refractivity contribution is 7.07. The zero-order valence-electron chi connectivity index (χ0n) is 14.7. The van der Waals surface area contributed by atoms with Gasteiger partial charge in [0, 0.05) is 5.69 Å². The number of fused-ring (bicyclic) bond motifs is 1. The van der Waals surface area contributed by atoms with E-state index in [0.717, 1.165) is 21.8 Å². The van der Waals surface area contributed by atoms with Crippen LogP contribution in [0, 0.1) is 6.92 Å². The molecule has 26 heavy (non-hydrogen) atoms. The summed E-state index contributed by atoms with van der Waals surface area (Å²) in [5.41, 5.74) is 3.25. The van der Waals surface area contributed by atoms with Crippen molar-refractivity contribution in [1.82, 2.24) is 4.57 Å². The Bertz CT molecular complexity index is 1110. The molecule has 0 radical (unpaired) electrons. The van der Waals surface area contributed by atoms with E-state index in [9.17, 15) is 4.79 Å². The second-order valence-corrected chi connectivity index (χ2v) is 7.23. The van der Waals surface area contributed by atoms with Crippen molar-refractivity contribution < 1.29 is 4.74 Å². The second kappa shape index (κ2) is 6.80. The summed E-state index contributed by atoms with van der Waals surface area (Å²) in [4.78, 5) is 20.3. The monoisotopic (exact) mass is 365 g/mol. The molecule has 0 saturated heterocycles. The zero-order valence-corrected chi connectivity index (χ0v) is 15.5. The Morgan fingerprint density at radius 1 is 1.19 bits per heavy atom. The predicted molar refractivity (Wildman–Crippen MR) is 104 cm³/mol. The lowest BCUT2D eigenvalue weighted by Gasteiger charge is -2.25. The van der Waals surface area contributed by atoms with Crippen LogP contribution in [0.5, 0.6) is 5.75 Å². The van der Waals surface area contributed by atoms with E-state index >= 15 is 0 Å². The molecule has 0 amide bonds. The lowest BCUT2D eigenvalue weighted by atomic mass is 10.2. The average molecular weight is 365 g/mol. The number of anilines is 1. The van der Waals surface area contributed by atoms with Gasteiger partial charge in [0.05, 0.1) is 11.6 Å². The predicted octanol–water partition coefficient (Wildman–Crippen LogP) is 2.11. The van der Waals surface area contributed by atoms with Gasteiger partial charge < -0.3 is 9.64 Å². The molecule has 2 aromatic carbocycles. The van der Waals surface area contributed by atoms with Crippen LogP contribution in [0.1, 0.15) is 11.1 Å². The maximum Gasteiger partial charge on any atom is 0.271 e. The van der Waals surface area contributed by atoms with Crippen molar-refractivity contribution in [2.24, 2.45) is 4.99 Å². The van der Waals surface area contributed by atoms with Crippen LogP contribution in [0.15, 0.2) is 58.3 Å². The molecule has 0 bridgehead atoms. The lowest BCUT2D eigenvalue weighted by molar-refractivity contribution is 0.415. The largest absolute Gasteiger partial charge is 0.497 e. The minimum atomic E-state index is 0.00178. The van der Waals surface area contributed by atoms with E-state index in [2.05, 4.69) is 35.0 Å². The molecule has 0 saturated carbocycles. The molecule has 1 aliphatic heterocycles. The maximum absolute atomic E-state index is 12.8. The Morgan fingerprint density at radius 3 is 2.73 bits per heavy atom. The maximum atomic E-state index is 12.8. The Labute approximate surface area is 155 Å². The van der Waals surface area contributed by atoms with Gasteiger partial charge in [0.15, 0.2) is 4.80 Å². The molecule has 1 aromatic heterocycles. The van der Waals surface area contributed by atoms with Gasteiger partial charge in [-0.3, -0.25) is 9.36 Å². The molecule has 0 unspecified atom stereocenters. The van der Waals surface area contributed by atoms with E-state index in [0.29, 0.717) is 17.9 Å². The molecule has 4 rings (SSSR count). The van der Waals surface area contributed by atoms with Crippen LogP contribution in [0.25, 0.3) is 6.08 Å². The van der Waals surface area contributed by atoms with Gasteiger partial charge in [-0.25, -0.2) is 4.99 Å². The van der Waals surface area contributed by atoms with Crippen molar-refractivity contribution >= 4 is 23.1 Å². The van der Waals surface area contributed by atoms with Crippen LogP contribution >= 0.6 is 11.3 Å². The third-order valence-corrected chi connectivity index (χ3v) is 5.40. The van der Waals surface area contributed by atoms with Gasteiger partial charge in [-0.15, -0.1) is 0 Å². The number of benzene rings is 2. The summed E-state index contributed by atoms with van der Waals surface area (Å²) in [6.45, 7) is 3.15. The number of aromatic nitrogens is 1. The summed E-state index contributed by atoms with van der Waals surface area (Å²) in [6, 6.07) is 15.9. The quantitative estimate of drug-likeness (QED) is 0.714. The Hall–Kier alpha value is -2.86. The minimum absolute atomic E-state index is 0.00178. The fourth-order valence-corrected chi connectivity index (χ4v) is 3.91. The normalized spacial score (nSPS) is 14.1. The molecule has 1 aliphatic rings. The van der Waals surface area contributed by atoms with E-state index in [1.165, 1.54) is 16.9 Å². The van der Waals surface area contributed by atoms with E-state index in [-0.39, 0.29) is 5.56 Å². The fraction of sp³-hybridized carbons (Fsp3) is 0.200. The van der Waals surface area contributed by atoms with E-state index in [1.54, 1.807) is 11.7 Å². The number of thiazole rings is 1. The smallest absolute Gasteiger partial charge is 0.271 e. The van der Waals surface area contributed by atoms with Crippen LogP contribution in [0.3, 0.4) is 0 Å². The van der Waals surface area contributed by atoms with Gasteiger partial charge in [-0.2, -0.15) is 0 Å². The zero-order chi connectivity index (χ0) is 18.1. The fourth-order valence-electron chi connectivity index (χ4n) is 2.95. The van der Waals surface area contributed by atoms with Crippen LogP contribution < -0.4 is 24.5 Å². The molecule has 5 nitrogen and oxygen atoms in total. The molecule has 132 valence electrons. The molecular formula is C20H19N3O2S. The van der Waals surface area contributed by atoms with Crippen molar-refractivity contribution in [1.29, 1.82) is 0 Å². The number of aryl methyl sites for hydroxylation is 1.